The highest BCUT2D eigenvalue weighted by Gasteiger charge is 2.06. The standard InChI is InChI=1S/C8H16N2O3S/c1-6(3-4-11)14-5-8(13)10-9-7(2)12/h6,11H,3-5H2,1-2H3,(H,9,12)(H,10,13). The van der Waals surface area contributed by atoms with Gasteiger partial charge in [0.15, 0.2) is 0 Å². The van der Waals surface area contributed by atoms with Gasteiger partial charge in [0, 0.05) is 18.8 Å². The van der Waals surface area contributed by atoms with Crippen molar-refractivity contribution in [3.63, 3.8) is 0 Å². The lowest BCUT2D eigenvalue weighted by Gasteiger charge is -2.09. The van der Waals surface area contributed by atoms with E-state index in [2.05, 4.69) is 10.9 Å². The minimum atomic E-state index is -0.299. The molecule has 0 rings (SSSR count). The van der Waals surface area contributed by atoms with Crippen molar-refractivity contribution in [2.45, 2.75) is 25.5 Å². The molecule has 82 valence electrons. The number of amides is 2. The molecule has 5 nitrogen and oxygen atoms in total. The number of carbonyl (C=O) groups is 2. The molecule has 0 saturated carbocycles. The Balaban J connectivity index is 3.48. The first-order valence-electron chi connectivity index (χ1n) is 4.34. The van der Waals surface area contributed by atoms with Crippen molar-refractivity contribution in [3.8, 4) is 0 Å². The van der Waals surface area contributed by atoms with Crippen molar-refractivity contribution in [1.29, 1.82) is 0 Å². The van der Waals surface area contributed by atoms with E-state index in [0.29, 0.717) is 6.42 Å². The minimum absolute atomic E-state index is 0.126. The summed E-state index contributed by atoms with van der Waals surface area (Å²) >= 11 is 1.44. The third-order valence-electron chi connectivity index (χ3n) is 1.41. The van der Waals surface area contributed by atoms with Gasteiger partial charge in [-0.2, -0.15) is 0 Å². The highest BCUT2D eigenvalue weighted by atomic mass is 32.2. The molecule has 0 radical (unpaired) electrons. The van der Waals surface area contributed by atoms with Gasteiger partial charge in [0.1, 0.15) is 0 Å². The topological polar surface area (TPSA) is 78.4 Å². The zero-order valence-corrected chi connectivity index (χ0v) is 9.19. The van der Waals surface area contributed by atoms with Crippen LogP contribution in [0, 0.1) is 0 Å². The molecule has 0 aromatic heterocycles. The molecule has 0 heterocycles. The number of nitrogens with one attached hydrogen (secondary N) is 2. The quantitative estimate of drug-likeness (QED) is 0.554. The monoisotopic (exact) mass is 220 g/mol. The molecular formula is C8H16N2O3S. The average molecular weight is 220 g/mol. The van der Waals surface area contributed by atoms with Gasteiger partial charge in [-0.05, 0) is 6.42 Å². The number of hydrogen-bond donors (Lipinski definition) is 3. The van der Waals surface area contributed by atoms with Crippen molar-refractivity contribution in [2.24, 2.45) is 0 Å². The Hall–Kier alpha value is -0.750. The average Bonchev–Trinajstić information content (AvgIpc) is 2.12. The second-order valence-corrected chi connectivity index (χ2v) is 4.29. The van der Waals surface area contributed by atoms with Crippen molar-refractivity contribution in [2.75, 3.05) is 12.4 Å². The summed E-state index contributed by atoms with van der Waals surface area (Å²) in [5.74, 6) is -0.261. The van der Waals surface area contributed by atoms with E-state index in [1.54, 1.807) is 0 Å². The summed E-state index contributed by atoms with van der Waals surface area (Å²) in [6.07, 6.45) is 0.665. The van der Waals surface area contributed by atoms with Gasteiger partial charge in [-0.25, -0.2) is 0 Å². The third-order valence-corrected chi connectivity index (χ3v) is 2.65. The summed E-state index contributed by atoms with van der Waals surface area (Å²) in [5, 5.41) is 8.85. The zero-order chi connectivity index (χ0) is 11.0. The predicted molar refractivity (Wildman–Crippen MR) is 55.6 cm³/mol. The van der Waals surface area contributed by atoms with Crippen molar-refractivity contribution >= 4 is 23.6 Å². The van der Waals surface area contributed by atoms with Crippen LogP contribution < -0.4 is 10.9 Å². The van der Waals surface area contributed by atoms with Crippen molar-refractivity contribution in [1.82, 2.24) is 10.9 Å². The molecule has 0 saturated heterocycles. The van der Waals surface area contributed by atoms with Gasteiger partial charge in [0.25, 0.3) is 0 Å². The van der Waals surface area contributed by atoms with Gasteiger partial charge in [-0.1, -0.05) is 6.92 Å². The lowest BCUT2D eigenvalue weighted by Crippen LogP contribution is -2.41. The Bertz CT molecular complexity index is 199. The largest absolute Gasteiger partial charge is 0.396 e. The number of aliphatic hydroxyl groups is 1. The van der Waals surface area contributed by atoms with Crippen LogP contribution in [-0.2, 0) is 9.59 Å². The van der Waals surface area contributed by atoms with Crippen molar-refractivity contribution in [3.05, 3.63) is 0 Å². The minimum Gasteiger partial charge on any atom is -0.396 e. The molecule has 1 atom stereocenters. The summed E-state index contributed by atoms with van der Waals surface area (Å²) in [6.45, 7) is 3.38. The highest BCUT2D eigenvalue weighted by Crippen LogP contribution is 2.12. The summed E-state index contributed by atoms with van der Waals surface area (Å²) in [5.41, 5.74) is 4.46. The maximum absolute atomic E-state index is 11.0. The molecule has 0 spiro atoms. The second kappa shape index (κ2) is 7.64. The van der Waals surface area contributed by atoms with E-state index in [0.717, 1.165) is 0 Å². The molecular weight excluding hydrogens is 204 g/mol. The van der Waals surface area contributed by atoms with Gasteiger partial charge in [-0.15, -0.1) is 11.8 Å². The van der Waals surface area contributed by atoms with Crippen LogP contribution in [0.15, 0.2) is 0 Å². The normalized spacial score (nSPS) is 11.9. The van der Waals surface area contributed by atoms with Crippen molar-refractivity contribution < 1.29 is 14.7 Å². The molecule has 0 fully saturated rings. The zero-order valence-electron chi connectivity index (χ0n) is 8.37. The fourth-order valence-corrected chi connectivity index (χ4v) is 1.46. The summed E-state index contributed by atoms with van der Waals surface area (Å²) in [4.78, 5) is 21.5. The number of thioether (sulfide) groups is 1. The number of aliphatic hydroxyl groups excluding tert-OH is 1. The summed E-state index contributed by atoms with van der Waals surface area (Å²) < 4.78 is 0. The molecule has 0 aromatic rings. The van der Waals surface area contributed by atoms with Gasteiger partial charge < -0.3 is 5.11 Å². The fourth-order valence-electron chi connectivity index (χ4n) is 0.677. The van der Waals surface area contributed by atoms with Gasteiger partial charge in [0.2, 0.25) is 11.8 Å². The van der Waals surface area contributed by atoms with E-state index < -0.39 is 0 Å². The van der Waals surface area contributed by atoms with Crippen LogP contribution in [-0.4, -0.2) is 34.5 Å². The highest BCUT2D eigenvalue weighted by molar-refractivity contribution is 8.00. The van der Waals surface area contributed by atoms with E-state index in [9.17, 15) is 9.59 Å². The van der Waals surface area contributed by atoms with Crippen LogP contribution in [0.1, 0.15) is 20.3 Å². The van der Waals surface area contributed by atoms with Gasteiger partial charge >= 0.3 is 0 Å². The van der Waals surface area contributed by atoms with E-state index in [4.69, 9.17) is 5.11 Å². The SMILES string of the molecule is CC(=O)NNC(=O)CSC(C)CCO. The fraction of sp³-hybridized carbons (Fsp3) is 0.750. The van der Waals surface area contributed by atoms with Crippen LogP contribution in [0.3, 0.4) is 0 Å². The number of carbonyl (C=O) groups excluding carboxylic acids is 2. The molecule has 0 aliphatic heterocycles. The lowest BCUT2D eigenvalue weighted by molar-refractivity contribution is -0.126. The Morgan fingerprint density at radius 2 is 2.07 bits per heavy atom. The molecule has 1 unspecified atom stereocenters. The maximum Gasteiger partial charge on any atom is 0.248 e. The first-order valence-corrected chi connectivity index (χ1v) is 5.39. The lowest BCUT2D eigenvalue weighted by atomic mass is 10.3. The molecule has 2 amide bonds. The predicted octanol–water partition coefficient (Wildman–Crippen LogP) is -0.342. The molecule has 3 N–H and O–H groups in total. The number of rotatable bonds is 5. The summed E-state index contributed by atoms with van der Waals surface area (Å²) in [7, 11) is 0. The Labute approximate surface area is 87.6 Å². The van der Waals surface area contributed by atoms with Crippen LogP contribution in [0.25, 0.3) is 0 Å². The van der Waals surface area contributed by atoms with Gasteiger partial charge in [0.05, 0.1) is 5.75 Å². The molecule has 6 heteroatoms. The number of hydrazine groups is 1. The Morgan fingerprint density at radius 1 is 1.43 bits per heavy atom. The first kappa shape index (κ1) is 13.2. The molecule has 14 heavy (non-hydrogen) atoms. The molecule has 0 aliphatic carbocycles. The Kier molecular flexibility index (Phi) is 7.23. The maximum atomic E-state index is 11.0. The van der Waals surface area contributed by atoms with Crippen LogP contribution in [0.5, 0.6) is 0 Å². The smallest absolute Gasteiger partial charge is 0.248 e. The second-order valence-electron chi connectivity index (χ2n) is 2.86. The van der Waals surface area contributed by atoms with Crippen LogP contribution in [0.2, 0.25) is 0 Å². The third kappa shape index (κ3) is 7.88. The van der Waals surface area contributed by atoms with Crippen LogP contribution in [0.4, 0.5) is 0 Å². The van der Waals surface area contributed by atoms with E-state index in [1.165, 1.54) is 18.7 Å². The first-order chi connectivity index (χ1) is 6.56. The van der Waals surface area contributed by atoms with Crippen LogP contribution >= 0.6 is 11.8 Å². The molecule has 0 bridgehead atoms. The molecule has 0 aromatic carbocycles. The van der Waals surface area contributed by atoms with E-state index in [-0.39, 0.29) is 29.4 Å². The number of hydrogen-bond acceptors (Lipinski definition) is 4. The summed E-state index contributed by atoms with van der Waals surface area (Å²) in [6, 6.07) is 0. The van der Waals surface area contributed by atoms with E-state index in [1.807, 2.05) is 6.92 Å². The van der Waals surface area contributed by atoms with Gasteiger partial charge in [-0.3, -0.25) is 20.4 Å². The molecule has 0 aliphatic rings. The van der Waals surface area contributed by atoms with E-state index >= 15 is 0 Å². The Morgan fingerprint density at radius 3 is 2.57 bits per heavy atom.